The van der Waals surface area contributed by atoms with E-state index in [9.17, 15) is 27.6 Å². The Bertz CT molecular complexity index is 1450. The molecule has 2 N–H and O–H groups in total. The Hall–Kier alpha value is -4.13. The van der Waals surface area contributed by atoms with Gasteiger partial charge in [-0.2, -0.15) is 4.31 Å². The van der Waals surface area contributed by atoms with E-state index >= 15 is 0 Å². The number of anilines is 3. The maximum Gasteiger partial charge on any atom is 0.428 e. The van der Waals surface area contributed by atoms with Crippen LogP contribution in [0.2, 0.25) is 0 Å². The second kappa shape index (κ2) is 12.2. The molecule has 2 aromatic rings. The van der Waals surface area contributed by atoms with E-state index in [0.29, 0.717) is 27.0 Å². The van der Waals surface area contributed by atoms with Gasteiger partial charge >= 0.3 is 12.1 Å². The van der Waals surface area contributed by atoms with Gasteiger partial charge in [-0.15, -0.1) is 0 Å². The van der Waals surface area contributed by atoms with Gasteiger partial charge in [-0.1, -0.05) is 34.6 Å². The molecule has 2 aromatic carbocycles. The first-order valence-electron chi connectivity index (χ1n) is 12.9. The number of imide groups is 1. The summed E-state index contributed by atoms with van der Waals surface area (Å²) in [6.07, 6.45) is -0.0201. The molecule has 1 fully saturated rings. The number of benzene rings is 2. The van der Waals surface area contributed by atoms with Crippen molar-refractivity contribution in [2.45, 2.75) is 46.5 Å². The lowest BCUT2D eigenvalue weighted by molar-refractivity contribution is -0.120. The molecule has 1 saturated heterocycles. The number of methoxy groups -OCH3 is 1. The summed E-state index contributed by atoms with van der Waals surface area (Å²) in [5.41, 5.74) is 1.13. The zero-order chi connectivity index (χ0) is 30.7. The first kappa shape index (κ1) is 31.4. The fraction of sp³-hybridized carbons (Fsp3) is 0.429. The Kier molecular flexibility index (Phi) is 9.32. The monoisotopic (exact) mass is 588 g/mol. The number of sulfonamides is 1. The molecule has 13 heteroatoms. The third-order valence-electron chi connectivity index (χ3n) is 6.09. The van der Waals surface area contributed by atoms with Crippen molar-refractivity contribution in [1.29, 1.82) is 0 Å². The van der Waals surface area contributed by atoms with Gasteiger partial charge < -0.3 is 14.8 Å². The van der Waals surface area contributed by atoms with Crippen molar-refractivity contribution in [1.82, 2.24) is 5.32 Å². The third-order valence-corrected chi connectivity index (χ3v) is 7.12. The second-order valence-corrected chi connectivity index (χ2v) is 12.9. The van der Waals surface area contributed by atoms with Gasteiger partial charge in [0.2, 0.25) is 15.9 Å². The minimum absolute atomic E-state index is 0.0130. The molecular weight excluding hydrogens is 552 g/mol. The van der Waals surface area contributed by atoms with E-state index in [4.69, 9.17) is 9.47 Å². The molecule has 0 spiro atoms. The lowest BCUT2D eigenvalue weighted by Gasteiger charge is -2.30. The summed E-state index contributed by atoms with van der Waals surface area (Å²) in [7, 11) is -2.55. The molecular formula is C28H36N4O8S. The molecule has 0 bridgehead atoms. The molecule has 0 aliphatic carbocycles. The molecule has 5 amide bonds. The SMILES string of the molecule is COc1c(C(=O)Nc2ccc(N(C(=O)OCC(C)C)S(C)(=O)=O)cc2)cc(N2CCC(=O)NC2=O)cc1C(C)(C)C. The highest BCUT2D eigenvalue weighted by molar-refractivity contribution is 7.92. The van der Waals surface area contributed by atoms with Crippen molar-refractivity contribution in [3.8, 4) is 5.75 Å². The summed E-state index contributed by atoms with van der Waals surface area (Å²) >= 11 is 0. The summed E-state index contributed by atoms with van der Waals surface area (Å²) in [4.78, 5) is 51.7. The van der Waals surface area contributed by atoms with Gasteiger partial charge in [-0.05, 0) is 47.7 Å². The van der Waals surface area contributed by atoms with Gasteiger partial charge in [0.05, 0.1) is 31.2 Å². The molecule has 12 nitrogen and oxygen atoms in total. The number of amides is 5. The van der Waals surface area contributed by atoms with Crippen molar-refractivity contribution in [2.75, 3.05) is 41.0 Å². The van der Waals surface area contributed by atoms with Crippen LogP contribution >= 0.6 is 0 Å². The van der Waals surface area contributed by atoms with E-state index in [-0.39, 0.29) is 42.6 Å². The van der Waals surface area contributed by atoms with Crippen molar-refractivity contribution < 1.29 is 37.1 Å². The first-order valence-corrected chi connectivity index (χ1v) is 14.8. The van der Waals surface area contributed by atoms with Gasteiger partial charge in [0.15, 0.2) is 0 Å². The molecule has 3 rings (SSSR count). The Morgan fingerprint density at radius 1 is 1.12 bits per heavy atom. The maximum absolute atomic E-state index is 13.5. The van der Waals surface area contributed by atoms with Gasteiger partial charge in [-0.3, -0.25) is 19.8 Å². The third kappa shape index (κ3) is 7.54. The molecule has 222 valence electrons. The lowest BCUT2D eigenvalue weighted by atomic mass is 9.84. The van der Waals surface area contributed by atoms with Crippen molar-refractivity contribution in [3.05, 3.63) is 47.5 Å². The van der Waals surface area contributed by atoms with Crippen LogP contribution in [0.4, 0.5) is 26.7 Å². The standard InChI is InChI=1S/C28H36N4O8S/c1-17(2)16-40-27(36)32(41(7,37)38)19-10-8-18(9-11-19)29-25(34)21-14-20(31-13-12-23(33)30-26(31)35)15-22(24(21)39-6)28(3,4)5/h8-11,14-15,17H,12-13,16H2,1-7H3,(H,29,34)(H,30,33,35). The van der Waals surface area contributed by atoms with E-state index < -0.39 is 33.5 Å². The largest absolute Gasteiger partial charge is 0.496 e. The molecule has 41 heavy (non-hydrogen) atoms. The Labute approximate surface area is 240 Å². The molecule has 1 aliphatic rings. The fourth-order valence-electron chi connectivity index (χ4n) is 4.13. The zero-order valence-corrected chi connectivity index (χ0v) is 25.0. The molecule has 0 saturated carbocycles. The Morgan fingerprint density at radius 3 is 2.27 bits per heavy atom. The number of urea groups is 1. The van der Waals surface area contributed by atoms with E-state index in [1.54, 1.807) is 6.07 Å². The van der Waals surface area contributed by atoms with Crippen LogP contribution in [0.25, 0.3) is 0 Å². The van der Waals surface area contributed by atoms with Gasteiger partial charge in [-0.25, -0.2) is 18.0 Å². The van der Waals surface area contributed by atoms with E-state index in [2.05, 4.69) is 10.6 Å². The highest BCUT2D eigenvalue weighted by Gasteiger charge is 2.31. The van der Waals surface area contributed by atoms with Crippen LogP contribution in [-0.4, -0.2) is 58.9 Å². The summed E-state index contributed by atoms with van der Waals surface area (Å²) in [5, 5.41) is 5.04. The average Bonchev–Trinajstić information content (AvgIpc) is 2.86. The number of nitrogens with zero attached hydrogens (tertiary/aromatic N) is 2. The van der Waals surface area contributed by atoms with Crippen LogP contribution in [0.15, 0.2) is 36.4 Å². The topological polar surface area (TPSA) is 151 Å². The van der Waals surface area contributed by atoms with Gasteiger partial charge in [0.25, 0.3) is 5.91 Å². The van der Waals surface area contributed by atoms with Crippen LogP contribution in [0, 0.1) is 5.92 Å². The minimum atomic E-state index is -4.00. The van der Waals surface area contributed by atoms with Crippen molar-refractivity contribution >= 4 is 51.0 Å². The second-order valence-electron chi connectivity index (χ2n) is 11.1. The van der Waals surface area contributed by atoms with Crippen LogP contribution in [0.3, 0.4) is 0 Å². The maximum atomic E-state index is 13.5. The predicted octanol–water partition coefficient (Wildman–Crippen LogP) is 4.25. The molecule has 0 aromatic heterocycles. The highest BCUT2D eigenvalue weighted by Crippen LogP contribution is 2.38. The van der Waals surface area contributed by atoms with E-state index in [1.165, 1.54) is 42.3 Å². The molecule has 0 atom stereocenters. The zero-order valence-electron chi connectivity index (χ0n) is 24.2. The number of carbonyl (C=O) groups is 4. The van der Waals surface area contributed by atoms with Crippen molar-refractivity contribution in [2.24, 2.45) is 5.92 Å². The van der Waals surface area contributed by atoms with E-state index in [1.807, 2.05) is 34.6 Å². The molecule has 0 radical (unpaired) electrons. The van der Waals surface area contributed by atoms with E-state index in [0.717, 1.165) is 6.26 Å². The summed E-state index contributed by atoms with van der Waals surface area (Å²) in [5.74, 6) is -0.592. The number of rotatable bonds is 8. The summed E-state index contributed by atoms with van der Waals surface area (Å²) in [6, 6.07) is 8.34. The quantitative estimate of drug-likeness (QED) is 0.464. The highest BCUT2D eigenvalue weighted by atomic mass is 32.2. The number of hydrogen-bond acceptors (Lipinski definition) is 8. The van der Waals surface area contributed by atoms with Gasteiger partial charge in [0.1, 0.15) is 5.75 Å². The lowest BCUT2D eigenvalue weighted by Crippen LogP contribution is -2.49. The number of carbonyl (C=O) groups excluding carboxylic acids is 4. The number of ether oxygens (including phenoxy) is 2. The molecule has 1 heterocycles. The van der Waals surface area contributed by atoms with Crippen LogP contribution in [0.5, 0.6) is 5.75 Å². The predicted molar refractivity (Wildman–Crippen MR) is 155 cm³/mol. The fourth-order valence-corrected chi connectivity index (χ4v) is 4.96. The van der Waals surface area contributed by atoms with Crippen molar-refractivity contribution in [3.63, 3.8) is 0 Å². The molecule has 1 aliphatic heterocycles. The number of nitrogens with one attached hydrogen (secondary N) is 2. The van der Waals surface area contributed by atoms with Crippen LogP contribution < -0.4 is 24.6 Å². The minimum Gasteiger partial charge on any atom is -0.496 e. The average molecular weight is 589 g/mol. The Morgan fingerprint density at radius 2 is 1.76 bits per heavy atom. The molecule has 0 unspecified atom stereocenters. The summed E-state index contributed by atoms with van der Waals surface area (Å²) in [6.45, 7) is 9.67. The van der Waals surface area contributed by atoms with Crippen LogP contribution in [-0.2, 0) is 25.0 Å². The first-order chi connectivity index (χ1) is 19.0. The normalized spacial score (nSPS) is 14.0. The smallest absolute Gasteiger partial charge is 0.428 e. The van der Waals surface area contributed by atoms with Gasteiger partial charge in [0, 0.05) is 29.9 Å². The number of hydrogen-bond donors (Lipinski definition) is 2. The summed E-state index contributed by atoms with van der Waals surface area (Å²) < 4.78 is 36.0. The Balaban J connectivity index is 1.95. The van der Waals surface area contributed by atoms with Crippen LogP contribution in [0.1, 0.15) is 57.0 Å².